The molecule has 0 atom stereocenters. The molecule has 0 aliphatic carbocycles. The van der Waals surface area contributed by atoms with Crippen LogP contribution in [0.3, 0.4) is 0 Å². The topological polar surface area (TPSA) is 99.1 Å². The molecule has 8 heteroatoms. The zero-order chi connectivity index (χ0) is 23.9. The van der Waals surface area contributed by atoms with Gasteiger partial charge >= 0.3 is 5.97 Å². The Morgan fingerprint density at radius 2 is 1.68 bits per heavy atom. The Morgan fingerprint density at radius 3 is 2.44 bits per heavy atom. The summed E-state index contributed by atoms with van der Waals surface area (Å²) in [5.74, 6) is 0.274. The van der Waals surface area contributed by atoms with E-state index in [9.17, 15) is 9.59 Å². The summed E-state index contributed by atoms with van der Waals surface area (Å²) in [6, 6.07) is 22.5. The zero-order valence-electron chi connectivity index (χ0n) is 18.5. The summed E-state index contributed by atoms with van der Waals surface area (Å²) in [6.07, 6.45) is 1.45. The lowest BCUT2D eigenvalue weighted by Crippen LogP contribution is -2.18. The Balaban J connectivity index is 1.42. The van der Waals surface area contributed by atoms with Crippen molar-refractivity contribution in [2.75, 3.05) is 14.2 Å². The van der Waals surface area contributed by atoms with E-state index < -0.39 is 11.9 Å². The van der Waals surface area contributed by atoms with Gasteiger partial charge in [0.15, 0.2) is 11.5 Å². The molecule has 170 valence electrons. The van der Waals surface area contributed by atoms with Crippen LogP contribution in [0.2, 0.25) is 0 Å². The van der Waals surface area contributed by atoms with Gasteiger partial charge in [0.2, 0.25) is 0 Å². The number of hydrogen-bond acceptors (Lipinski definition) is 7. The monoisotopic (exact) mass is 455 g/mol. The van der Waals surface area contributed by atoms with Gasteiger partial charge in [0.05, 0.1) is 31.5 Å². The average molecular weight is 455 g/mol. The number of benzene rings is 3. The molecule has 1 N–H and O–H groups in total. The minimum absolute atomic E-state index is 0.255. The molecule has 3 aromatic carbocycles. The van der Waals surface area contributed by atoms with Crippen LogP contribution in [0.5, 0.6) is 17.2 Å². The van der Waals surface area contributed by atoms with Gasteiger partial charge in [0.25, 0.3) is 5.91 Å². The molecule has 0 aliphatic rings. The fraction of sp³-hybridized carbons (Fsp3) is 0.0769. The Bertz CT molecular complexity index is 1370. The lowest BCUT2D eigenvalue weighted by molar-refractivity contribution is 0.0729. The Kier molecular flexibility index (Phi) is 6.78. The quantitative estimate of drug-likeness (QED) is 0.194. The van der Waals surface area contributed by atoms with Crippen molar-refractivity contribution in [1.29, 1.82) is 0 Å². The lowest BCUT2D eigenvalue weighted by Gasteiger charge is -2.10. The fourth-order valence-electron chi connectivity index (χ4n) is 3.15. The SMILES string of the molecule is COc1ccc(C(=O)Oc2ccc(/C=N/NC(=O)c3ccc4ccccc4n3)cc2OC)cc1. The highest BCUT2D eigenvalue weighted by atomic mass is 16.6. The summed E-state index contributed by atoms with van der Waals surface area (Å²) < 4.78 is 15.9. The summed E-state index contributed by atoms with van der Waals surface area (Å²) >= 11 is 0. The van der Waals surface area contributed by atoms with Crippen molar-refractivity contribution in [2.45, 2.75) is 0 Å². The van der Waals surface area contributed by atoms with Crippen LogP contribution in [0.4, 0.5) is 0 Å². The third-order valence-corrected chi connectivity index (χ3v) is 4.93. The second kappa shape index (κ2) is 10.3. The number of carbonyl (C=O) groups is 2. The van der Waals surface area contributed by atoms with E-state index in [1.807, 2.05) is 30.3 Å². The minimum atomic E-state index is -0.530. The van der Waals surface area contributed by atoms with E-state index in [2.05, 4.69) is 15.5 Å². The van der Waals surface area contributed by atoms with Crippen LogP contribution in [0, 0.1) is 0 Å². The van der Waals surface area contributed by atoms with E-state index in [1.165, 1.54) is 13.3 Å². The van der Waals surface area contributed by atoms with Gasteiger partial charge in [0.1, 0.15) is 11.4 Å². The second-order valence-electron chi connectivity index (χ2n) is 7.12. The number of rotatable bonds is 7. The van der Waals surface area contributed by atoms with E-state index in [0.29, 0.717) is 22.6 Å². The van der Waals surface area contributed by atoms with Gasteiger partial charge in [-0.1, -0.05) is 24.3 Å². The molecule has 0 saturated heterocycles. The number of fused-ring (bicyclic) bond motifs is 1. The predicted molar refractivity (Wildman–Crippen MR) is 128 cm³/mol. The first kappa shape index (κ1) is 22.5. The number of pyridine rings is 1. The van der Waals surface area contributed by atoms with E-state index in [0.717, 1.165) is 10.9 Å². The number of para-hydroxylation sites is 1. The molecule has 4 rings (SSSR count). The van der Waals surface area contributed by atoms with Crippen molar-refractivity contribution in [3.05, 3.63) is 95.7 Å². The van der Waals surface area contributed by atoms with Crippen LogP contribution in [-0.4, -0.2) is 37.3 Å². The van der Waals surface area contributed by atoms with Gasteiger partial charge < -0.3 is 14.2 Å². The molecule has 0 saturated carbocycles. The standard InChI is InChI=1S/C26H21N3O5/c1-32-20-11-8-19(9-12-20)26(31)34-23-14-7-17(15-24(23)33-2)16-27-29-25(30)22-13-10-18-5-3-4-6-21(18)28-22/h3-16H,1-2H3,(H,29,30)/b27-16+. The van der Waals surface area contributed by atoms with Crippen molar-refractivity contribution in [1.82, 2.24) is 10.4 Å². The maximum absolute atomic E-state index is 12.4. The van der Waals surface area contributed by atoms with Crippen molar-refractivity contribution in [3.63, 3.8) is 0 Å². The smallest absolute Gasteiger partial charge is 0.343 e. The molecule has 1 aromatic heterocycles. The van der Waals surface area contributed by atoms with E-state index in [4.69, 9.17) is 14.2 Å². The number of hydrogen-bond donors (Lipinski definition) is 1. The van der Waals surface area contributed by atoms with Crippen molar-refractivity contribution >= 4 is 29.0 Å². The largest absolute Gasteiger partial charge is 0.497 e. The molecule has 4 aromatic rings. The number of hydrazone groups is 1. The van der Waals surface area contributed by atoms with E-state index >= 15 is 0 Å². The van der Waals surface area contributed by atoms with Crippen LogP contribution >= 0.6 is 0 Å². The van der Waals surface area contributed by atoms with Gasteiger partial charge in [-0.2, -0.15) is 5.10 Å². The van der Waals surface area contributed by atoms with Gasteiger partial charge in [-0.05, 0) is 60.2 Å². The zero-order valence-corrected chi connectivity index (χ0v) is 18.5. The average Bonchev–Trinajstić information content (AvgIpc) is 2.89. The van der Waals surface area contributed by atoms with Gasteiger partial charge in [-0.15, -0.1) is 0 Å². The second-order valence-corrected chi connectivity index (χ2v) is 7.12. The fourth-order valence-corrected chi connectivity index (χ4v) is 3.15. The number of nitrogens with zero attached hydrogens (tertiary/aromatic N) is 2. The Hall–Kier alpha value is -4.72. The van der Waals surface area contributed by atoms with Crippen LogP contribution in [0.1, 0.15) is 26.4 Å². The van der Waals surface area contributed by atoms with Crippen LogP contribution in [0.15, 0.2) is 84.0 Å². The molecular formula is C26H21N3O5. The molecule has 0 radical (unpaired) electrons. The lowest BCUT2D eigenvalue weighted by atomic mass is 10.2. The molecular weight excluding hydrogens is 434 g/mol. The molecule has 1 amide bonds. The molecule has 1 heterocycles. The highest BCUT2D eigenvalue weighted by molar-refractivity contribution is 5.95. The molecule has 34 heavy (non-hydrogen) atoms. The summed E-state index contributed by atoms with van der Waals surface area (Å²) in [7, 11) is 3.02. The van der Waals surface area contributed by atoms with Gasteiger partial charge in [0, 0.05) is 5.39 Å². The maximum atomic E-state index is 12.4. The van der Waals surface area contributed by atoms with Gasteiger partial charge in [-0.3, -0.25) is 4.79 Å². The summed E-state index contributed by atoms with van der Waals surface area (Å²) in [4.78, 5) is 29.1. The first-order chi connectivity index (χ1) is 16.6. The highest BCUT2D eigenvalue weighted by Gasteiger charge is 2.13. The van der Waals surface area contributed by atoms with E-state index in [1.54, 1.807) is 55.6 Å². The maximum Gasteiger partial charge on any atom is 0.343 e. The highest BCUT2D eigenvalue weighted by Crippen LogP contribution is 2.28. The third-order valence-electron chi connectivity index (χ3n) is 4.93. The van der Waals surface area contributed by atoms with Crippen LogP contribution in [0.25, 0.3) is 10.9 Å². The number of carbonyl (C=O) groups excluding carboxylic acids is 2. The molecule has 0 bridgehead atoms. The minimum Gasteiger partial charge on any atom is -0.497 e. The molecule has 0 aliphatic heterocycles. The number of ether oxygens (including phenoxy) is 3. The Morgan fingerprint density at radius 1 is 0.882 bits per heavy atom. The van der Waals surface area contributed by atoms with Crippen LogP contribution in [-0.2, 0) is 0 Å². The van der Waals surface area contributed by atoms with E-state index in [-0.39, 0.29) is 11.4 Å². The molecule has 8 nitrogen and oxygen atoms in total. The van der Waals surface area contributed by atoms with Crippen molar-refractivity contribution in [2.24, 2.45) is 5.10 Å². The van der Waals surface area contributed by atoms with Crippen molar-refractivity contribution in [3.8, 4) is 17.2 Å². The number of aromatic nitrogens is 1. The number of methoxy groups -OCH3 is 2. The number of nitrogens with one attached hydrogen (secondary N) is 1. The van der Waals surface area contributed by atoms with Crippen LogP contribution < -0.4 is 19.6 Å². The summed E-state index contributed by atoms with van der Waals surface area (Å²) in [5.41, 5.74) is 4.45. The van der Waals surface area contributed by atoms with Crippen molar-refractivity contribution < 1.29 is 23.8 Å². The molecule has 0 fully saturated rings. The third kappa shape index (κ3) is 5.18. The first-order valence-electron chi connectivity index (χ1n) is 10.3. The number of amides is 1. The van der Waals surface area contributed by atoms with Gasteiger partial charge in [-0.25, -0.2) is 15.2 Å². The Labute approximate surface area is 195 Å². The molecule has 0 spiro atoms. The summed E-state index contributed by atoms with van der Waals surface area (Å²) in [6.45, 7) is 0. The summed E-state index contributed by atoms with van der Waals surface area (Å²) in [5, 5.41) is 4.93. The molecule has 0 unspecified atom stereocenters. The first-order valence-corrected chi connectivity index (χ1v) is 10.3. The number of esters is 1. The normalized spacial score (nSPS) is 10.8. The predicted octanol–water partition coefficient (Wildman–Crippen LogP) is 4.24.